The average molecular weight is 344 g/mol. The highest BCUT2D eigenvalue weighted by Gasteiger charge is 2.29. The lowest BCUT2D eigenvalue weighted by Crippen LogP contribution is -2.40. The molecule has 0 aliphatic carbocycles. The van der Waals surface area contributed by atoms with Crippen molar-refractivity contribution >= 4 is 22.3 Å². The molecule has 0 saturated heterocycles. The summed E-state index contributed by atoms with van der Waals surface area (Å²) in [4.78, 5) is 4.30. The Kier molecular flexibility index (Phi) is 4.98. The largest absolute Gasteiger partial charge is 0.598 e. The fraction of sp³-hybridized carbons (Fsp3) is 0.600. The zero-order valence-corrected chi connectivity index (χ0v) is 14.7. The second-order valence-corrected chi connectivity index (χ2v) is 8.76. The van der Waals surface area contributed by atoms with Crippen LogP contribution in [0.1, 0.15) is 46.4 Å². The standard InChI is InChI=1S/C15H22F2N4OS/c1-10(20-23(22)14(2,3)4)12-6-11-7-19-21(9-15(5,16)17)13(11)8-18-12/h6-8,10,20H,9H2,1-5H3/t10?,23-/m1/s1. The van der Waals surface area contributed by atoms with Crippen LogP contribution in [-0.4, -0.2) is 30.0 Å². The van der Waals surface area contributed by atoms with E-state index >= 15 is 0 Å². The molecule has 8 heteroatoms. The van der Waals surface area contributed by atoms with Crippen LogP contribution in [0.5, 0.6) is 0 Å². The van der Waals surface area contributed by atoms with Gasteiger partial charge in [-0.05, 0) is 33.8 Å². The summed E-state index contributed by atoms with van der Waals surface area (Å²) in [6, 6.07) is 1.56. The van der Waals surface area contributed by atoms with E-state index in [0.29, 0.717) is 11.2 Å². The van der Waals surface area contributed by atoms with Gasteiger partial charge in [-0.2, -0.15) is 5.10 Å². The van der Waals surface area contributed by atoms with Crippen LogP contribution < -0.4 is 4.72 Å². The van der Waals surface area contributed by atoms with Gasteiger partial charge in [-0.3, -0.25) is 9.67 Å². The molecule has 5 nitrogen and oxygen atoms in total. The summed E-state index contributed by atoms with van der Waals surface area (Å²) < 4.78 is 42.3. The minimum Gasteiger partial charge on any atom is -0.598 e. The highest BCUT2D eigenvalue weighted by atomic mass is 32.2. The smallest absolute Gasteiger partial charge is 0.264 e. The molecule has 23 heavy (non-hydrogen) atoms. The van der Waals surface area contributed by atoms with Crippen molar-refractivity contribution in [2.45, 2.75) is 57.9 Å². The fourth-order valence-corrected chi connectivity index (χ4v) is 2.81. The predicted molar refractivity (Wildman–Crippen MR) is 87.6 cm³/mol. The van der Waals surface area contributed by atoms with Crippen LogP contribution in [0.2, 0.25) is 0 Å². The average Bonchev–Trinajstić information content (AvgIpc) is 2.78. The summed E-state index contributed by atoms with van der Waals surface area (Å²) in [5, 5.41) is 4.73. The summed E-state index contributed by atoms with van der Waals surface area (Å²) >= 11 is -1.22. The number of fused-ring (bicyclic) bond motifs is 1. The van der Waals surface area contributed by atoms with Crippen molar-refractivity contribution in [1.82, 2.24) is 19.5 Å². The van der Waals surface area contributed by atoms with Crippen molar-refractivity contribution in [3.63, 3.8) is 0 Å². The number of aromatic nitrogens is 3. The Morgan fingerprint density at radius 3 is 2.52 bits per heavy atom. The summed E-state index contributed by atoms with van der Waals surface area (Å²) in [6.45, 7) is 7.88. The first kappa shape index (κ1) is 18.1. The molecule has 0 aliphatic rings. The highest BCUT2D eigenvalue weighted by Crippen LogP contribution is 2.23. The third-order valence-corrected chi connectivity index (χ3v) is 4.94. The Morgan fingerprint density at radius 1 is 1.30 bits per heavy atom. The normalized spacial score (nSPS) is 15.8. The van der Waals surface area contributed by atoms with Gasteiger partial charge in [0, 0.05) is 23.7 Å². The molecule has 0 saturated carbocycles. The Bertz CT molecular complexity index is 678. The molecule has 0 aliphatic heterocycles. The molecule has 2 atom stereocenters. The lowest BCUT2D eigenvalue weighted by atomic mass is 10.2. The fourth-order valence-electron chi connectivity index (χ4n) is 2.02. The molecule has 2 aromatic rings. The minimum absolute atomic E-state index is 0.226. The third-order valence-electron chi connectivity index (χ3n) is 3.26. The van der Waals surface area contributed by atoms with E-state index in [0.717, 1.165) is 12.3 Å². The quantitative estimate of drug-likeness (QED) is 0.846. The lowest BCUT2D eigenvalue weighted by molar-refractivity contribution is 0.00181. The Labute approximate surface area is 137 Å². The first-order valence-corrected chi connectivity index (χ1v) is 8.50. The molecule has 1 unspecified atom stereocenters. The van der Waals surface area contributed by atoms with E-state index in [9.17, 15) is 13.3 Å². The van der Waals surface area contributed by atoms with Gasteiger partial charge in [-0.15, -0.1) is 4.72 Å². The van der Waals surface area contributed by atoms with Gasteiger partial charge in [0.1, 0.15) is 11.3 Å². The summed E-state index contributed by atoms with van der Waals surface area (Å²) in [6.07, 6.45) is 3.07. The van der Waals surface area contributed by atoms with Gasteiger partial charge in [0.2, 0.25) is 0 Å². The first-order chi connectivity index (χ1) is 10.5. The van der Waals surface area contributed by atoms with E-state index in [1.165, 1.54) is 10.9 Å². The molecule has 2 rings (SSSR count). The molecule has 0 amide bonds. The number of halogens is 2. The number of hydrogen-bond donors (Lipinski definition) is 1. The summed E-state index contributed by atoms with van der Waals surface area (Å²) in [5.41, 5.74) is 1.25. The van der Waals surface area contributed by atoms with Crippen molar-refractivity contribution in [3.8, 4) is 0 Å². The lowest BCUT2D eigenvalue weighted by Gasteiger charge is -2.26. The molecule has 0 bridgehead atoms. The van der Waals surface area contributed by atoms with Gasteiger partial charge in [0.25, 0.3) is 5.92 Å². The van der Waals surface area contributed by atoms with Crippen LogP contribution in [0.15, 0.2) is 18.5 Å². The number of rotatable bonds is 5. The second-order valence-electron chi connectivity index (χ2n) is 6.76. The van der Waals surface area contributed by atoms with Gasteiger partial charge in [-0.1, -0.05) is 0 Å². The highest BCUT2D eigenvalue weighted by molar-refractivity contribution is 7.90. The van der Waals surface area contributed by atoms with E-state index in [2.05, 4.69) is 14.8 Å². The molecule has 0 radical (unpaired) electrons. The summed E-state index contributed by atoms with van der Waals surface area (Å²) in [5.74, 6) is -2.84. The Hall–Kier alpha value is -1.25. The van der Waals surface area contributed by atoms with Crippen LogP contribution in [0, 0.1) is 0 Å². The second kappa shape index (κ2) is 6.33. The van der Waals surface area contributed by atoms with Crippen molar-refractivity contribution in [1.29, 1.82) is 0 Å². The maximum absolute atomic E-state index is 13.2. The molecular formula is C15H22F2N4OS. The van der Waals surface area contributed by atoms with E-state index < -0.39 is 23.8 Å². The Morgan fingerprint density at radius 2 is 1.96 bits per heavy atom. The van der Waals surface area contributed by atoms with Crippen molar-refractivity contribution in [2.24, 2.45) is 0 Å². The van der Waals surface area contributed by atoms with Crippen LogP contribution in [0.25, 0.3) is 10.9 Å². The molecule has 0 aromatic carbocycles. The molecule has 0 spiro atoms. The van der Waals surface area contributed by atoms with Crippen molar-refractivity contribution in [3.05, 3.63) is 24.2 Å². The molecule has 0 fully saturated rings. The number of nitrogens with one attached hydrogen (secondary N) is 1. The van der Waals surface area contributed by atoms with Crippen LogP contribution in [0.3, 0.4) is 0 Å². The third kappa shape index (κ3) is 4.62. The van der Waals surface area contributed by atoms with Gasteiger partial charge in [-0.25, -0.2) is 8.78 Å². The van der Waals surface area contributed by atoms with Crippen LogP contribution >= 0.6 is 0 Å². The molecular weight excluding hydrogens is 322 g/mol. The van der Waals surface area contributed by atoms with Gasteiger partial charge >= 0.3 is 0 Å². The first-order valence-electron chi connectivity index (χ1n) is 7.35. The molecule has 2 heterocycles. The molecule has 1 N–H and O–H groups in total. The van der Waals surface area contributed by atoms with E-state index in [1.807, 2.05) is 27.7 Å². The minimum atomic E-state index is -2.84. The zero-order chi connectivity index (χ0) is 17.4. The molecule has 2 aromatic heterocycles. The number of hydrogen-bond acceptors (Lipinski definition) is 4. The van der Waals surface area contributed by atoms with E-state index in [-0.39, 0.29) is 10.8 Å². The van der Waals surface area contributed by atoms with Crippen molar-refractivity contribution in [2.75, 3.05) is 0 Å². The topological polar surface area (TPSA) is 65.8 Å². The van der Waals surface area contributed by atoms with E-state index in [4.69, 9.17) is 0 Å². The van der Waals surface area contributed by atoms with Crippen LogP contribution in [-0.2, 0) is 17.9 Å². The maximum atomic E-state index is 13.2. The van der Waals surface area contributed by atoms with Crippen molar-refractivity contribution < 1.29 is 13.3 Å². The van der Waals surface area contributed by atoms with Crippen LogP contribution in [0.4, 0.5) is 8.78 Å². The summed E-state index contributed by atoms with van der Waals surface area (Å²) in [7, 11) is 0. The number of alkyl halides is 2. The van der Waals surface area contributed by atoms with Gasteiger partial charge in [0.15, 0.2) is 0 Å². The van der Waals surface area contributed by atoms with E-state index in [1.54, 1.807) is 12.3 Å². The SMILES string of the molecule is CC(N[S@+]([O-])C(C)(C)C)c1cc2cnn(CC(C)(F)F)c2cn1. The number of pyridine rings is 1. The van der Waals surface area contributed by atoms with Gasteiger partial charge in [0.05, 0.1) is 29.6 Å². The Balaban J connectivity index is 2.21. The van der Waals surface area contributed by atoms with Gasteiger partial charge < -0.3 is 4.55 Å². The number of nitrogens with zero attached hydrogens (tertiary/aromatic N) is 3. The monoisotopic (exact) mass is 344 g/mol. The predicted octanol–water partition coefficient (Wildman–Crippen LogP) is 3.20. The maximum Gasteiger partial charge on any atom is 0.264 e. The molecule has 128 valence electrons. The zero-order valence-electron chi connectivity index (χ0n) is 13.9.